The fourth-order valence-electron chi connectivity index (χ4n) is 1.72. The molecular formula is C9H10N2O3. The average molecular weight is 194 g/mol. The molecule has 1 unspecified atom stereocenters. The van der Waals surface area contributed by atoms with Crippen molar-refractivity contribution in [1.82, 2.24) is 10.2 Å². The van der Waals surface area contributed by atoms with Crippen molar-refractivity contribution < 1.29 is 14.4 Å². The normalized spacial score (nSPS) is 27.0. The van der Waals surface area contributed by atoms with Gasteiger partial charge in [-0.25, -0.2) is 0 Å². The molecule has 2 rings (SSSR count). The molecule has 1 atom stereocenters. The molecule has 74 valence electrons. The second kappa shape index (κ2) is 3.25. The Hall–Kier alpha value is -1.65. The minimum absolute atomic E-state index is 0.235. The van der Waals surface area contributed by atoms with Crippen molar-refractivity contribution in [3.63, 3.8) is 0 Å². The molecule has 14 heavy (non-hydrogen) atoms. The molecule has 0 bridgehead atoms. The van der Waals surface area contributed by atoms with E-state index in [9.17, 15) is 14.4 Å². The van der Waals surface area contributed by atoms with E-state index >= 15 is 0 Å². The van der Waals surface area contributed by atoms with Crippen LogP contribution in [0.4, 0.5) is 0 Å². The fraction of sp³-hybridized carbons (Fsp3) is 0.444. The molecule has 5 nitrogen and oxygen atoms in total. The first-order chi connectivity index (χ1) is 6.70. The smallest absolute Gasteiger partial charge is 0.254 e. The molecule has 0 spiro atoms. The highest BCUT2D eigenvalue weighted by atomic mass is 16.2. The zero-order valence-electron chi connectivity index (χ0n) is 7.53. The van der Waals surface area contributed by atoms with Crippen molar-refractivity contribution in [2.45, 2.75) is 18.9 Å². The Morgan fingerprint density at radius 3 is 2.43 bits per heavy atom. The fourth-order valence-corrected chi connectivity index (χ4v) is 1.72. The molecule has 1 fully saturated rings. The molecule has 0 aromatic rings. The van der Waals surface area contributed by atoms with Crippen LogP contribution in [0.5, 0.6) is 0 Å². The molecule has 2 aliphatic rings. The number of carbonyl (C=O) groups is 3. The van der Waals surface area contributed by atoms with Gasteiger partial charge in [-0.1, -0.05) is 0 Å². The Morgan fingerprint density at radius 1 is 1.21 bits per heavy atom. The predicted octanol–water partition coefficient (Wildman–Crippen LogP) is -0.810. The van der Waals surface area contributed by atoms with Gasteiger partial charge < -0.3 is 5.32 Å². The minimum atomic E-state index is -0.612. The van der Waals surface area contributed by atoms with Crippen LogP contribution in [-0.2, 0) is 14.4 Å². The lowest BCUT2D eigenvalue weighted by Gasteiger charge is -2.28. The molecule has 0 aliphatic carbocycles. The molecule has 0 saturated carbocycles. The Balaban J connectivity index is 2.17. The van der Waals surface area contributed by atoms with Gasteiger partial charge in [0.05, 0.1) is 0 Å². The summed E-state index contributed by atoms with van der Waals surface area (Å²) < 4.78 is 0. The minimum Gasteiger partial charge on any atom is -0.354 e. The Kier molecular flexibility index (Phi) is 2.07. The number of hydrogen-bond donors (Lipinski definition) is 1. The van der Waals surface area contributed by atoms with E-state index in [4.69, 9.17) is 0 Å². The SMILES string of the molecule is O=C1NCCCC1N1C(=O)C=CC1=O. The lowest BCUT2D eigenvalue weighted by atomic mass is 10.1. The first kappa shape index (κ1) is 8.93. The number of nitrogens with one attached hydrogen (secondary N) is 1. The summed E-state index contributed by atoms with van der Waals surface area (Å²) in [4.78, 5) is 34.9. The Bertz CT molecular complexity index is 317. The molecule has 0 radical (unpaired) electrons. The summed E-state index contributed by atoms with van der Waals surface area (Å²) >= 11 is 0. The number of rotatable bonds is 1. The van der Waals surface area contributed by atoms with Crippen molar-refractivity contribution in [3.05, 3.63) is 12.2 Å². The van der Waals surface area contributed by atoms with E-state index in [1.165, 1.54) is 12.2 Å². The second-order valence-corrected chi connectivity index (χ2v) is 3.33. The van der Waals surface area contributed by atoms with Gasteiger partial charge in [0.1, 0.15) is 6.04 Å². The van der Waals surface area contributed by atoms with E-state index in [1.54, 1.807) is 0 Å². The molecule has 2 aliphatic heterocycles. The van der Waals surface area contributed by atoms with Crippen molar-refractivity contribution in [1.29, 1.82) is 0 Å². The standard InChI is InChI=1S/C9H10N2O3/c12-7-3-4-8(13)11(7)6-2-1-5-10-9(6)14/h3-4,6H,1-2,5H2,(H,10,14). The third kappa shape index (κ3) is 1.30. The van der Waals surface area contributed by atoms with Crippen LogP contribution in [-0.4, -0.2) is 35.2 Å². The van der Waals surface area contributed by atoms with Gasteiger partial charge in [0, 0.05) is 18.7 Å². The monoisotopic (exact) mass is 194 g/mol. The molecular weight excluding hydrogens is 184 g/mol. The lowest BCUT2D eigenvalue weighted by molar-refractivity contribution is -0.146. The van der Waals surface area contributed by atoms with Crippen molar-refractivity contribution in [3.8, 4) is 0 Å². The van der Waals surface area contributed by atoms with Crippen molar-refractivity contribution in [2.75, 3.05) is 6.54 Å². The predicted molar refractivity (Wildman–Crippen MR) is 47.0 cm³/mol. The highest BCUT2D eigenvalue weighted by molar-refractivity contribution is 6.15. The van der Waals surface area contributed by atoms with Gasteiger partial charge in [-0.3, -0.25) is 19.3 Å². The molecule has 1 N–H and O–H groups in total. The molecule has 0 aromatic heterocycles. The highest BCUT2D eigenvalue weighted by Crippen LogP contribution is 2.16. The van der Waals surface area contributed by atoms with Crippen LogP contribution >= 0.6 is 0 Å². The van der Waals surface area contributed by atoms with Gasteiger partial charge in [0.2, 0.25) is 5.91 Å². The van der Waals surface area contributed by atoms with Crippen molar-refractivity contribution >= 4 is 17.7 Å². The van der Waals surface area contributed by atoms with Gasteiger partial charge in [-0.15, -0.1) is 0 Å². The van der Waals surface area contributed by atoms with Gasteiger partial charge in [-0.05, 0) is 12.8 Å². The summed E-state index contributed by atoms with van der Waals surface area (Å²) in [6.45, 7) is 0.624. The third-order valence-corrected chi connectivity index (χ3v) is 2.41. The summed E-state index contributed by atoms with van der Waals surface area (Å²) in [5.41, 5.74) is 0. The first-order valence-electron chi connectivity index (χ1n) is 4.53. The van der Waals surface area contributed by atoms with E-state index in [2.05, 4.69) is 5.32 Å². The third-order valence-electron chi connectivity index (χ3n) is 2.41. The van der Waals surface area contributed by atoms with E-state index in [-0.39, 0.29) is 5.91 Å². The van der Waals surface area contributed by atoms with Gasteiger partial charge >= 0.3 is 0 Å². The van der Waals surface area contributed by atoms with E-state index in [0.29, 0.717) is 13.0 Å². The molecule has 5 heteroatoms. The van der Waals surface area contributed by atoms with Crippen LogP contribution in [0.1, 0.15) is 12.8 Å². The summed E-state index contributed by atoms with van der Waals surface area (Å²) in [6.07, 6.45) is 3.76. The zero-order chi connectivity index (χ0) is 10.1. The van der Waals surface area contributed by atoms with Crippen LogP contribution in [0, 0.1) is 0 Å². The van der Waals surface area contributed by atoms with Crippen LogP contribution < -0.4 is 5.32 Å². The van der Waals surface area contributed by atoms with Crippen LogP contribution in [0.25, 0.3) is 0 Å². The van der Waals surface area contributed by atoms with Crippen molar-refractivity contribution in [2.24, 2.45) is 0 Å². The summed E-state index contributed by atoms with van der Waals surface area (Å²) in [5, 5.41) is 2.64. The molecule has 0 aromatic carbocycles. The number of amides is 3. The largest absolute Gasteiger partial charge is 0.354 e. The highest BCUT2D eigenvalue weighted by Gasteiger charge is 2.36. The quantitative estimate of drug-likeness (QED) is 0.555. The van der Waals surface area contributed by atoms with Gasteiger partial charge in [0.15, 0.2) is 0 Å². The van der Waals surface area contributed by atoms with Gasteiger partial charge in [0.25, 0.3) is 11.8 Å². The number of carbonyl (C=O) groups excluding carboxylic acids is 3. The maximum Gasteiger partial charge on any atom is 0.254 e. The first-order valence-corrected chi connectivity index (χ1v) is 4.53. The van der Waals surface area contributed by atoms with E-state index in [1.807, 2.05) is 0 Å². The maximum absolute atomic E-state index is 11.4. The van der Waals surface area contributed by atoms with Gasteiger partial charge in [-0.2, -0.15) is 0 Å². The summed E-state index contributed by atoms with van der Waals surface area (Å²) in [7, 11) is 0. The van der Waals surface area contributed by atoms with Crippen LogP contribution in [0.2, 0.25) is 0 Å². The zero-order valence-corrected chi connectivity index (χ0v) is 7.53. The summed E-state index contributed by atoms with van der Waals surface area (Å²) in [5.74, 6) is -1.02. The Morgan fingerprint density at radius 2 is 1.86 bits per heavy atom. The lowest BCUT2D eigenvalue weighted by Crippen LogP contribution is -2.52. The Labute approximate surface area is 80.8 Å². The molecule has 1 saturated heterocycles. The second-order valence-electron chi connectivity index (χ2n) is 3.33. The number of nitrogens with zero attached hydrogens (tertiary/aromatic N) is 1. The molecule has 3 amide bonds. The van der Waals surface area contributed by atoms with E-state index < -0.39 is 17.9 Å². The topological polar surface area (TPSA) is 66.5 Å². The average Bonchev–Trinajstić information content (AvgIpc) is 2.48. The summed E-state index contributed by atoms with van der Waals surface area (Å²) in [6, 6.07) is -0.612. The number of piperidine rings is 1. The number of imide groups is 1. The number of hydrogen-bond acceptors (Lipinski definition) is 3. The van der Waals surface area contributed by atoms with E-state index in [0.717, 1.165) is 11.3 Å². The van der Waals surface area contributed by atoms with Crippen LogP contribution in [0.3, 0.4) is 0 Å². The molecule has 2 heterocycles. The maximum atomic E-state index is 11.4. The van der Waals surface area contributed by atoms with Crippen LogP contribution in [0.15, 0.2) is 12.2 Å².